The molecule has 0 fully saturated rings. The van der Waals surface area contributed by atoms with Gasteiger partial charge in [-0.3, -0.25) is 4.79 Å². The van der Waals surface area contributed by atoms with Gasteiger partial charge in [-0.05, 0) is 50.3 Å². The average Bonchev–Trinajstić information content (AvgIpc) is 3.32. The van der Waals surface area contributed by atoms with Gasteiger partial charge in [0, 0.05) is 28.0 Å². The molecule has 1 aromatic heterocycles. The molecule has 142 valence electrons. The fourth-order valence-electron chi connectivity index (χ4n) is 3.18. The maximum Gasteiger partial charge on any atom is 0.256 e. The smallest absolute Gasteiger partial charge is 0.256 e. The molecule has 28 heavy (non-hydrogen) atoms. The zero-order valence-corrected chi connectivity index (χ0v) is 15.7. The standard InChI is InChI=1S/C22H20N2O4/c1-3-26-16-6-8-20(27-4-2)15(11-16)12-18-17-7-5-14(22-23-9-10-28-22)13-19(17)24-21(18)25/h5-13H,3-4H2,1-2H3,(H,24,25)/b18-12+. The lowest BCUT2D eigenvalue weighted by molar-refractivity contribution is -0.110. The van der Waals surface area contributed by atoms with E-state index in [0.717, 1.165) is 28.1 Å². The van der Waals surface area contributed by atoms with Crippen molar-refractivity contribution in [2.24, 2.45) is 0 Å². The van der Waals surface area contributed by atoms with Crippen LogP contribution in [0.4, 0.5) is 5.69 Å². The molecule has 1 aliphatic heterocycles. The maximum absolute atomic E-state index is 12.6. The first-order valence-electron chi connectivity index (χ1n) is 9.16. The van der Waals surface area contributed by atoms with E-state index < -0.39 is 0 Å². The number of ether oxygens (including phenoxy) is 2. The second kappa shape index (κ2) is 7.60. The van der Waals surface area contributed by atoms with E-state index in [1.54, 1.807) is 6.20 Å². The Labute approximate surface area is 162 Å². The molecule has 0 atom stereocenters. The summed E-state index contributed by atoms with van der Waals surface area (Å²) < 4.78 is 16.7. The summed E-state index contributed by atoms with van der Waals surface area (Å²) in [4.78, 5) is 16.8. The number of anilines is 1. The molecule has 0 radical (unpaired) electrons. The fourth-order valence-corrected chi connectivity index (χ4v) is 3.18. The molecule has 1 aliphatic rings. The van der Waals surface area contributed by atoms with E-state index in [0.29, 0.717) is 30.4 Å². The Morgan fingerprint density at radius 1 is 1.11 bits per heavy atom. The van der Waals surface area contributed by atoms with E-state index in [2.05, 4.69) is 10.3 Å². The number of carbonyl (C=O) groups excluding carboxylic acids is 1. The first kappa shape index (κ1) is 17.9. The number of hydrogen-bond acceptors (Lipinski definition) is 5. The Morgan fingerprint density at radius 3 is 2.71 bits per heavy atom. The van der Waals surface area contributed by atoms with Crippen molar-refractivity contribution < 1.29 is 18.7 Å². The van der Waals surface area contributed by atoms with Crippen LogP contribution in [0.1, 0.15) is 25.0 Å². The Balaban J connectivity index is 1.75. The van der Waals surface area contributed by atoms with Gasteiger partial charge in [-0.15, -0.1) is 0 Å². The van der Waals surface area contributed by atoms with Crippen molar-refractivity contribution in [3.8, 4) is 23.0 Å². The highest BCUT2D eigenvalue weighted by atomic mass is 16.5. The Bertz CT molecular complexity index is 1040. The van der Waals surface area contributed by atoms with Crippen LogP contribution in [0.3, 0.4) is 0 Å². The number of carbonyl (C=O) groups is 1. The molecule has 6 nitrogen and oxygen atoms in total. The molecule has 2 heterocycles. The summed E-state index contributed by atoms with van der Waals surface area (Å²) >= 11 is 0. The van der Waals surface area contributed by atoms with Crippen molar-refractivity contribution in [3.05, 3.63) is 60.0 Å². The molecule has 1 N–H and O–H groups in total. The number of benzene rings is 2. The molecule has 0 saturated heterocycles. The second-order valence-electron chi connectivity index (χ2n) is 6.18. The summed E-state index contributed by atoms with van der Waals surface area (Å²) in [6.45, 7) is 4.96. The number of fused-ring (bicyclic) bond motifs is 1. The molecular weight excluding hydrogens is 356 g/mol. The van der Waals surface area contributed by atoms with Gasteiger partial charge >= 0.3 is 0 Å². The summed E-state index contributed by atoms with van der Waals surface area (Å²) in [6, 6.07) is 11.3. The minimum absolute atomic E-state index is 0.163. The van der Waals surface area contributed by atoms with Gasteiger partial charge in [-0.2, -0.15) is 0 Å². The lowest BCUT2D eigenvalue weighted by Gasteiger charge is -2.11. The minimum atomic E-state index is -0.163. The third kappa shape index (κ3) is 3.36. The summed E-state index contributed by atoms with van der Waals surface area (Å²) in [5, 5.41) is 2.91. The van der Waals surface area contributed by atoms with E-state index >= 15 is 0 Å². The molecule has 4 rings (SSSR count). The lowest BCUT2D eigenvalue weighted by Crippen LogP contribution is -2.04. The van der Waals surface area contributed by atoms with Gasteiger partial charge in [0.25, 0.3) is 5.91 Å². The fraction of sp³-hybridized carbons (Fsp3) is 0.182. The minimum Gasteiger partial charge on any atom is -0.494 e. The quantitative estimate of drug-likeness (QED) is 0.635. The SMILES string of the molecule is CCOc1ccc(OCC)c(/C=C2/C(=O)Nc3cc(-c4ncco4)ccc32)c1. The number of oxazole rings is 1. The Kier molecular flexibility index (Phi) is 4.85. The Hall–Kier alpha value is -3.54. The topological polar surface area (TPSA) is 73.6 Å². The van der Waals surface area contributed by atoms with Crippen molar-refractivity contribution in [1.29, 1.82) is 0 Å². The van der Waals surface area contributed by atoms with Crippen molar-refractivity contribution >= 4 is 23.2 Å². The third-order valence-corrected chi connectivity index (χ3v) is 4.37. The highest BCUT2D eigenvalue weighted by Crippen LogP contribution is 2.37. The summed E-state index contributed by atoms with van der Waals surface area (Å²) in [5.41, 5.74) is 3.72. The highest BCUT2D eigenvalue weighted by Gasteiger charge is 2.25. The Morgan fingerprint density at radius 2 is 1.96 bits per heavy atom. The molecule has 0 spiro atoms. The van der Waals surface area contributed by atoms with Gasteiger partial charge in [0.15, 0.2) is 0 Å². The third-order valence-electron chi connectivity index (χ3n) is 4.37. The van der Waals surface area contributed by atoms with Crippen LogP contribution in [0.25, 0.3) is 23.1 Å². The van der Waals surface area contributed by atoms with E-state index in [1.807, 2.05) is 56.3 Å². The van der Waals surface area contributed by atoms with E-state index in [-0.39, 0.29) is 5.91 Å². The number of nitrogens with one attached hydrogen (secondary N) is 1. The van der Waals surface area contributed by atoms with Gasteiger partial charge in [0.2, 0.25) is 5.89 Å². The van der Waals surface area contributed by atoms with Gasteiger partial charge < -0.3 is 19.2 Å². The monoisotopic (exact) mass is 376 g/mol. The van der Waals surface area contributed by atoms with Crippen LogP contribution in [0.5, 0.6) is 11.5 Å². The summed E-state index contributed by atoms with van der Waals surface area (Å²) in [7, 11) is 0. The van der Waals surface area contributed by atoms with Crippen LogP contribution in [-0.4, -0.2) is 24.1 Å². The van der Waals surface area contributed by atoms with Crippen LogP contribution in [0.15, 0.2) is 53.3 Å². The largest absolute Gasteiger partial charge is 0.494 e. The normalized spacial score (nSPS) is 14.1. The van der Waals surface area contributed by atoms with Crippen LogP contribution >= 0.6 is 0 Å². The van der Waals surface area contributed by atoms with Crippen LogP contribution in [-0.2, 0) is 4.79 Å². The van der Waals surface area contributed by atoms with Crippen molar-refractivity contribution in [2.75, 3.05) is 18.5 Å². The van der Waals surface area contributed by atoms with Crippen molar-refractivity contribution in [3.63, 3.8) is 0 Å². The van der Waals surface area contributed by atoms with Crippen LogP contribution < -0.4 is 14.8 Å². The van der Waals surface area contributed by atoms with E-state index in [4.69, 9.17) is 13.9 Å². The van der Waals surface area contributed by atoms with Gasteiger partial charge in [0.1, 0.15) is 17.8 Å². The van der Waals surface area contributed by atoms with Crippen molar-refractivity contribution in [2.45, 2.75) is 13.8 Å². The number of aromatic nitrogens is 1. The van der Waals surface area contributed by atoms with Gasteiger partial charge in [-0.25, -0.2) is 4.98 Å². The molecular formula is C22H20N2O4. The van der Waals surface area contributed by atoms with E-state index in [1.165, 1.54) is 6.26 Å². The first-order chi connectivity index (χ1) is 13.7. The highest BCUT2D eigenvalue weighted by molar-refractivity contribution is 6.35. The number of nitrogens with zero attached hydrogens (tertiary/aromatic N) is 1. The van der Waals surface area contributed by atoms with Gasteiger partial charge in [0.05, 0.1) is 19.4 Å². The number of hydrogen-bond donors (Lipinski definition) is 1. The second-order valence-corrected chi connectivity index (χ2v) is 6.18. The molecule has 0 aliphatic carbocycles. The number of rotatable bonds is 6. The molecule has 0 saturated carbocycles. The number of amides is 1. The van der Waals surface area contributed by atoms with Crippen LogP contribution in [0.2, 0.25) is 0 Å². The maximum atomic E-state index is 12.6. The first-order valence-corrected chi connectivity index (χ1v) is 9.16. The summed E-state index contributed by atoms with van der Waals surface area (Å²) in [5.74, 6) is 1.79. The molecule has 3 aromatic rings. The predicted octanol–water partition coefficient (Wildman–Crippen LogP) is 4.63. The molecule has 0 unspecified atom stereocenters. The zero-order chi connectivity index (χ0) is 19.5. The molecule has 1 amide bonds. The molecule has 2 aromatic carbocycles. The zero-order valence-electron chi connectivity index (χ0n) is 15.7. The molecule has 6 heteroatoms. The van der Waals surface area contributed by atoms with Crippen molar-refractivity contribution in [1.82, 2.24) is 4.98 Å². The lowest BCUT2D eigenvalue weighted by atomic mass is 10.0. The summed E-state index contributed by atoms with van der Waals surface area (Å²) in [6.07, 6.45) is 4.94. The molecule has 0 bridgehead atoms. The van der Waals surface area contributed by atoms with Gasteiger partial charge in [-0.1, -0.05) is 6.07 Å². The average molecular weight is 376 g/mol. The van der Waals surface area contributed by atoms with E-state index in [9.17, 15) is 4.79 Å². The predicted molar refractivity (Wildman–Crippen MR) is 107 cm³/mol. The van der Waals surface area contributed by atoms with Crippen LogP contribution in [0, 0.1) is 0 Å².